The number of sulfonamides is 1. The Labute approximate surface area is 257 Å². The van der Waals surface area contributed by atoms with E-state index in [2.05, 4.69) is 5.32 Å². The minimum atomic E-state index is -3.99. The van der Waals surface area contributed by atoms with E-state index in [1.54, 1.807) is 37.3 Å². The molecule has 11 heteroatoms. The van der Waals surface area contributed by atoms with Crippen LogP contribution >= 0.6 is 0 Å². The highest BCUT2D eigenvalue weighted by Gasteiger charge is 2.31. The number of rotatable bonds is 13. The summed E-state index contributed by atoms with van der Waals surface area (Å²) in [6.07, 6.45) is -1.33. The van der Waals surface area contributed by atoms with E-state index < -0.39 is 33.7 Å². The number of carbonyl (C=O) groups excluding carboxylic acids is 1. The fraction of sp³-hybridized carbons (Fsp3) is 0.333. The summed E-state index contributed by atoms with van der Waals surface area (Å²) in [5, 5.41) is 15.0. The van der Waals surface area contributed by atoms with E-state index >= 15 is 0 Å². The number of nitrogens with zero attached hydrogens (tertiary/aromatic N) is 1. The van der Waals surface area contributed by atoms with Crippen LogP contribution in [0.3, 0.4) is 0 Å². The molecule has 10 nitrogen and oxygen atoms in total. The molecule has 0 aliphatic carbocycles. The van der Waals surface area contributed by atoms with Crippen LogP contribution in [0.5, 0.6) is 5.75 Å². The number of nitrogen functional groups attached to an aromatic ring is 1. The number of benzene rings is 3. The highest BCUT2D eigenvalue weighted by Crippen LogP contribution is 2.23. The molecule has 0 fully saturated rings. The van der Waals surface area contributed by atoms with Crippen molar-refractivity contribution in [1.82, 2.24) is 9.62 Å². The molecule has 2 atom stereocenters. The molecule has 1 aromatic heterocycles. The molecule has 1 heterocycles. The highest BCUT2D eigenvalue weighted by atomic mass is 32.2. The zero-order valence-electron chi connectivity index (χ0n) is 25.3. The van der Waals surface area contributed by atoms with Gasteiger partial charge in [0.2, 0.25) is 15.9 Å². The summed E-state index contributed by atoms with van der Waals surface area (Å²) >= 11 is 0. The molecule has 3 aromatic carbocycles. The normalized spacial score (nSPS) is 13.2. The molecule has 0 aliphatic rings. The first kappa shape index (κ1) is 32.7. The summed E-state index contributed by atoms with van der Waals surface area (Å²) < 4.78 is 39.2. The number of hydrogen-bond acceptors (Lipinski definition) is 8. The summed E-state index contributed by atoms with van der Waals surface area (Å²) in [7, 11) is -2.50. The standard InChI is InChI=1S/C33H39N3O7S/c1-21(2)19-36(44(40,41)26-13-11-25(42-4)12-14-26)20-30(37)29(16-23-8-6-5-7-9-23)35-32(38)18-28-22(3)27-15-10-24(34)17-31(27)43-33(28)39/h5-15,17,21,29-30,37H,16,18-20,34H2,1-4H3,(H,35,38)/t29-,30+/m0/s1. The van der Waals surface area contributed by atoms with Crippen LogP contribution in [-0.4, -0.2) is 56.1 Å². The first-order valence-corrected chi connectivity index (χ1v) is 15.8. The van der Waals surface area contributed by atoms with Crippen molar-refractivity contribution >= 4 is 32.6 Å². The number of fused-ring (bicyclic) bond motifs is 1. The predicted octanol–water partition coefficient (Wildman–Crippen LogP) is 3.67. The van der Waals surface area contributed by atoms with Gasteiger partial charge in [-0.15, -0.1) is 0 Å². The molecule has 0 saturated carbocycles. The maximum atomic E-state index is 13.7. The molecule has 0 radical (unpaired) electrons. The smallest absolute Gasteiger partial charge is 0.340 e. The van der Waals surface area contributed by atoms with Crippen molar-refractivity contribution in [3.63, 3.8) is 0 Å². The Hall–Kier alpha value is -4.19. The summed E-state index contributed by atoms with van der Waals surface area (Å²) in [5.74, 6) is -0.0312. The number of carbonyl (C=O) groups is 1. The monoisotopic (exact) mass is 621 g/mol. The number of amides is 1. The number of nitrogens with two attached hydrogens (primary N) is 1. The van der Waals surface area contributed by atoms with Gasteiger partial charge < -0.3 is 25.3 Å². The van der Waals surface area contributed by atoms with E-state index in [1.807, 2.05) is 44.2 Å². The summed E-state index contributed by atoms with van der Waals surface area (Å²) in [6, 6.07) is 19.4. The van der Waals surface area contributed by atoms with Crippen molar-refractivity contribution in [1.29, 1.82) is 0 Å². The maximum absolute atomic E-state index is 13.7. The second-order valence-corrected chi connectivity index (χ2v) is 13.2. The van der Waals surface area contributed by atoms with E-state index in [1.165, 1.54) is 23.5 Å². The maximum Gasteiger partial charge on any atom is 0.340 e. The van der Waals surface area contributed by atoms with Crippen LogP contribution in [-0.2, 0) is 27.7 Å². The van der Waals surface area contributed by atoms with Crippen LogP contribution in [0.4, 0.5) is 5.69 Å². The summed E-state index contributed by atoms with van der Waals surface area (Å²) in [6.45, 7) is 5.40. The molecule has 1 amide bonds. The first-order valence-electron chi connectivity index (χ1n) is 14.4. The lowest BCUT2D eigenvalue weighted by Crippen LogP contribution is -2.51. The zero-order chi connectivity index (χ0) is 32.0. The van der Waals surface area contributed by atoms with Crippen molar-refractivity contribution in [2.75, 3.05) is 25.9 Å². The number of anilines is 1. The number of ether oxygens (including phenoxy) is 1. The van der Waals surface area contributed by atoms with Crippen molar-refractivity contribution < 1.29 is 27.5 Å². The Bertz CT molecular complexity index is 1750. The second-order valence-electron chi connectivity index (χ2n) is 11.2. The van der Waals surface area contributed by atoms with Crippen LogP contribution < -0.4 is 21.4 Å². The second kappa shape index (κ2) is 14.1. The van der Waals surface area contributed by atoms with Crippen LogP contribution in [0.2, 0.25) is 0 Å². The number of aliphatic hydroxyl groups excluding tert-OH is 1. The van der Waals surface area contributed by atoms with Gasteiger partial charge in [0.05, 0.1) is 36.1 Å². The van der Waals surface area contributed by atoms with E-state index in [0.29, 0.717) is 28.0 Å². The number of aliphatic hydroxyl groups is 1. The third kappa shape index (κ3) is 7.85. The SMILES string of the molecule is COc1ccc(S(=O)(=O)N(CC(C)C)C[C@@H](O)[C@H](Cc2ccccc2)NC(=O)Cc2c(C)c3ccc(N)cc3oc2=O)cc1. The lowest BCUT2D eigenvalue weighted by molar-refractivity contribution is -0.122. The molecule has 4 aromatic rings. The lowest BCUT2D eigenvalue weighted by atomic mass is 9.99. The molecule has 44 heavy (non-hydrogen) atoms. The van der Waals surface area contributed by atoms with E-state index in [0.717, 1.165) is 5.56 Å². The van der Waals surface area contributed by atoms with Gasteiger partial charge >= 0.3 is 5.63 Å². The quantitative estimate of drug-likeness (QED) is 0.151. The molecule has 0 spiro atoms. The Balaban J connectivity index is 1.60. The highest BCUT2D eigenvalue weighted by molar-refractivity contribution is 7.89. The van der Waals surface area contributed by atoms with Gasteiger partial charge in [0.1, 0.15) is 11.3 Å². The average molecular weight is 622 g/mol. The molecular weight excluding hydrogens is 582 g/mol. The van der Waals surface area contributed by atoms with E-state index in [-0.39, 0.29) is 42.3 Å². The minimum absolute atomic E-state index is 0.0390. The molecule has 0 aliphatic heterocycles. The van der Waals surface area contributed by atoms with Crippen LogP contribution in [0.1, 0.15) is 30.5 Å². The van der Waals surface area contributed by atoms with Crippen LogP contribution in [0.15, 0.2) is 86.9 Å². The van der Waals surface area contributed by atoms with Crippen LogP contribution in [0.25, 0.3) is 11.0 Å². The van der Waals surface area contributed by atoms with Gasteiger partial charge in [-0.3, -0.25) is 4.79 Å². The van der Waals surface area contributed by atoms with Gasteiger partial charge in [0, 0.05) is 30.2 Å². The Morgan fingerprint density at radius 2 is 1.73 bits per heavy atom. The number of hydrogen-bond donors (Lipinski definition) is 3. The Morgan fingerprint density at radius 1 is 1.05 bits per heavy atom. The summed E-state index contributed by atoms with van der Waals surface area (Å²) in [5.41, 5.74) is 7.58. The average Bonchev–Trinajstić information content (AvgIpc) is 2.98. The van der Waals surface area contributed by atoms with E-state index in [4.69, 9.17) is 14.9 Å². The van der Waals surface area contributed by atoms with Crippen molar-refractivity contribution in [3.8, 4) is 5.75 Å². The van der Waals surface area contributed by atoms with Crippen molar-refractivity contribution in [3.05, 3.63) is 99.9 Å². The molecule has 4 N–H and O–H groups in total. The third-order valence-electron chi connectivity index (χ3n) is 7.41. The molecule has 234 valence electrons. The Kier molecular flexibility index (Phi) is 10.5. The fourth-order valence-corrected chi connectivity index (χ4v) is 6.72. The fourth-order valence-electron chi connectivity index (χ4n) is 5.10. The van der Waals surface area contributed by atoms with Crippen LogP contribution in [0, 0.1) is 12.8 Å². The first-order chi connectivity index (χ1) is 20.9. The molecule has 0 bridgehead atoms. The number of nitrogens with one attached hydrogen (secondary N) is 1. The third-order valence-corrected chi connectivity index (χ3v) is 9.26. The van der Waals surface area contributed by atoms with Gasteiger partial charge in [-0.25, -0.2) is 13.2 Å². The molecule has 0 saturated heterocycles. The number of aryl methyl sites for hydroxylation is 1. The minimum Gasteiger partial charge on any atom is -0.497 e. The zero-order valence-corrected chi connectivity index (χ0v) is 26.1. The topological polar surface area (TPSA) is 152 Å². The molecular formula is C33H39N3O7S. The van der Waals surface area contributed by atoms with Crippen molar-refractivity contribution in [2.24, 2.45) is 5.92 Å². The van der Waals surface area contributed by atoms with Gasteiger partial charge in [0.15, 0.2) is 0 Å². The van der Waals surface area contributed by atoms with Gasteiger partial charge in [0.25, 0.3) is 0 Å². The van der Waals surface area contributed by atoms with Gasteiger partial charge in [-0.05, 0) is 66.8 Å². The van der Waals surface area contributed by atoms with Crippen molar-refractivity contribution in [2.45, 2.75) is 50.7 Å². The summed E-state index contributed by atoms with van der Waals surface area (Å²) in [4.78, 5) is 26.3. The molecule has 4 rings (SSSR count). The molecule has 0 unspecified atom stereocenters. The van der Waals surface area contributed by atoms with Gasteiger partial charge in [-0.1, -0.05) is 44.2 Å². The van der Waals surface area contributed by atoms with E-state index in [9.17, 15) is 23.1 Å². The Morgan fingerprint density at radius 3 is 2.36 bits per heavy atom. The predicted molar refractivity (Wildman–Crippen MR) is 170 cm³/mol. The largest absolute Gasteiger partial charge is 0.497 e. The number of methoxy groups -OCH3 is 1. The van der Waals surface area contributed by atoms with Gasteiger partial charge in [-0.2, -0.15) is 4.31 Å². The lowest BCUT2D eigenvalue weighted by Gasteiger charge is -2.31.